The molecule has 0 aliphatic heterocycles. The van der Waals surface area contributed by atoms with Gasteiger partial charge < -0.3 is 10.6 Å². The van der Waals surface area contributed by atoms with E-state index in [4.69, 9.17) is 10.7 Å². The fourth-order valence-electron chi connectivity index (χ4n) is 3.43. The summed E-state index contributed by atoms with van der Waals surface area (Å²) in [4.78, 5) is 20.8. The van der Waals surface area contributed by atoms with Gasteiger partial charge in [0.2, 0.25) is 0 Å². The molecule has 4 nitrogen and oxygen atoms in total. The van der Waals surface area contributed by atoms with Gasteiger partial charge in [0.25, 0.3) is 5.91 Å². The molecule has 0 radical (unpaired) electrons. The maximum atomic E-state index is 12.6. The summed E-state index contributed by atoms with van der Waals surface area (Å²) in [6, 6.07) is 2.18. The van der Waals surface area contributed by atoms with Crippen molar-refractivity contribution in [1.82, 2.24) is 9.88 Å². The molecule has 1 amide bonds. The third-order valence-corrected chi connectivity index (χ3v) is 6.11. The van der Waals surface area contributed by atoms with Crippen LogP contribution in [0, 0.1) is 5.92 Å². The predicted molar refractivity (Wildman–Crippen MR) is 97.1 cm³/mol. The van der Waals surface area contributed by atoms with Crippen LogP contribution in [0.3, 0.4) is 0 Å². The van der Waals surface area contributed by atoms with Crippen LogP contribution in [0.5, 0.6) is 0 Å². The van der Waals surface area contributed by atoms with Gasteiger partial charge in [-0.25, -0.2) is 4.98 Å². The van der Waals surface area contributed by atoms with Gasteiger partial charge in [0.05, 0.1) is 5.69 Å². The van der Waals surface area contributed by atoms with Crippen molar-refractivity contribution in [2.75, 3.05) is 18.8 Å². The van der Waals surface area contributed by atoms with E-state index in [1.54, 1.807) is 0 Å². The topological polar surface area (TPSA) is 59.2 Å². The number of fused-ring (bicyclic) bond motifs is 2. The zero-order valence-electron chi connectivity index (χ0n) is 14.2. The molecule has 2 aromatic heterocycles. The predicted octanol–water partition coefficient (Wildman–Crippen LogP) is 3.88. The second-order valence-corrected chi connectivity index (χ2v) is 7.29. The molecule has 1 aliphatic rings. The molecule has 0 saturated carbocycles. The number of hydrogen-bond acceptors (Lipinski definition) is 4. The van der Waals surface area contributed by atoms with Gasteiger partial charge in [-0.1, -0.05) is 13.3 Å². The molecule has 124 valence electrons. The Morgan fingerprint density at radius 3 is 2.78 bits per heavy atom. The third kappa shape index (κ3) is 2.82. The molecule has 1 atom stereocenters. The van der Waals surface area contributed by atoms with Gasteiger partial charge in [0.15, 0.2) is 0 Å². The Labute approximate surface area is 141 Å². The molecule has 0 unspecified atom stereocenters. The van der Waals surface area contributed by atoms with Crippen molar-refractivity contribution in [1.29, 1.82) is 0 Å². The highest BCUT2D eigenvalue weighted by atomic mass is 32.1. The molecular weight excluding hydrogens is 306 g/mol. The lowest BCUT2D eigenvalue weighted by Crippen LogP contribution is -2.30. The summed E-state index contributed by atoms with van der Waals surface area (Å²) in [5.74, 6) is 0.776. The summed E-state index contributed by atoms with van der Waals surface area (Å²) in [5, 5.41) is 0.959. The quantitative estimate of drug-likeness (QED) is 0.925. The lowest BCUT2D eigenvalue weighted by Gasteiger charge is -2.22. The summed E-state index contributed by atoms with van der Waals surface area (Å²) >= 11 is 1.44. The molecule has 5 heteroatoms. The van der Waals surface area contributed by atoms with E-state index in [0.29, 0.717) is 23.7 Å². The van der Waals surface area contributed by atoms with Gasteiger partial charge >= 0.3 is 0 Å². The van der Waals surface area contributed by atoms with Gasteiger partial charge in [-0.3, -0.25) is 4.79 Å². The molecule has 23 heavy (non-hydrogen) atoms. The highest BCUT2D eigenvalue weighted by Gasteiger charge is 2.24. The fourth-order valence-corrected chi connectivity index (χ4v) is 4.49. The van der Waals surface area contributed by atoms with Crippen molar-refractivity contribution < 1.29 is 4.79 Å². The highest BCUT2D eigenvalue weighted by molar-refractivity contribution is 7.21. The van der Waals surface area contributed by atoms with Crippen LogP contribution in [0.2, 0.25) is 0 Å². The minimum absolute atomic E-state index is 0.0277. The van der Waals surface area contributed by atoms with Crippen LogP contribution in [0.25, 0.3) is 10.2 Å². The Morgan fingerprint density at radius 1 is 1.39 bits per heavy atom. The van der Waals surface area contributed by atoms with Gasteiger partial charge in [-0.2, -0.15) is 0 Å². The Kier molecular flexibility index (Phi) is 4.57. The number of rotatable bonds is 4. The Morgan fingerprint density at radius 2 is 2.13 bits per heavy atom. The van der Waals surface area contributed by atoms with Gasteiger partial charge in [0, 0.05) is 24.2 Å². The number of aromatic nitrogens is 1. The van der Waals surface area contributed by atoms with E-state index in [1.807, 2.05) is 18.7 Å². The number of nitrogen functional groups attached to an aromatic ring is 1. The first-order valence-corrected chi connectivity index (χ1v) is 9.40. The number of thiophene rings is 1. The molecule has 2 heterocycles. The van der Waals surface area contributed by atoms with E-state index >= 15 is 0 Å². The number of nitrogens with zero attached hydrogens (tertiary/aromatic N) is 2. The standard InChI is InChI=1S/C18H25N3OS/c1-4-11-7-8-14-12(9-11)10-13-15(19)16(23-17(13)20-14)18(22)21(5-2)6-3/h10-11H,4-9,19H2,1-3H3/t11-/m1/s1. The number of nitrogens with two attached hydrogens (primary N) is 1. The van der Waals surface area contributed by atoms with Crippen LogP contribution >= 0.6 is 11.3 Å². The smallest absolute Gasteiger partial charge is 0.266 e. The molecule has 3 rings (SSSR count). The number of hydrogen-bond donors (Lipinski definition) is 1. The first-order chi connectivity index (χ1) is 11.1. The van der Waals surface area contributed by atoms with Crippen molar-refractivity contribution in [3.63, 3.8) is 0 Å². The molecule has 2 aromatic rings. The molecule has 0 saturated heterocycles. The second-order valence-electron chi connectivity index (χ2n) is 6.29. The number of amides is 1. The average molecular weight is 331 g/mol. The minimum atomic E-state index is 0.0277. The summed E-state index contributed by atoms with van der Waals surface area (Å²) in [6.45, 7) is 7.64. The normalized spacial score (nSPS) is 17.3. The third-order valence-electron chi connectivity index (χ3n) is 5.01. The van der Waals surface area contributed by atoms with Crippen molar-refractivity contribution in [3.8, 4) is 0 Å². The summed E-state index contributed by atoms with van der Waals surface area (Å²) < 4.78 is 0. The first kappa shape index (κ1) is 16.2. The molecular formula is C18H25N3OS. The zero-order valence-corrected chi connectivity index (χ0v) is 15.0. The lowest BCUT2D eigenvalue weighted by molar-refractivity contribution is 0.0779. The highest BCUT2D eigenvalue weighted by Crippen LogP contribution is 2.37. The van der Waals surface area contributed by atoms with Crippen LogP contribution in [-0.4, -0.2) is 28.9 Å². The van der Waals surface area contributed by atoms with Crippen molar-refractivity contribution >= 4 is 33.1 Å². The maximum Gasteiger partial charge on any atom is 0.266 e. The van der Waals surface area contributed by atoms with Crippen LogP contribution in [-0.2, 0) is 12.8 Å². The second kappa shape index (κ2) is 6.48. The summed E-state index contributed by atoms with van der Waals surface area (Å²) in [7, 11) is 0. The Balaban J connectivity index is 2.04. The van der Waals surface area contributed by atoms with Crippen LogP contribution < -0.4 is 5.73 Å². The summed E-state index contributed by atoms with van der Waals surface area (Å²) in [6.07, 6.45) is 4.56. The minimum Gasteiger partial charge on any atom is -0.397 e. The van der Waals surface area contributed by atoms with Crippen LogP contribution in [0.15, 0.2) is 6.07 Å². The number of carbonyl (C=O) groups excluding carboxylic acids is 1. The first-order valence-electron chi connectivity index (χ1n) is 8.58. The lowest BCUT2D eigenvalue weighted by atomic mass is 9.85. The zero-order chi connectivity index (χ0) is 16.6. The fraction of sp³-hybridized carbons (Fsp3) is 0.556. The number of anilines is 1. The SMILES string of the molecule is CC[C@@H]1CCc2nc3sc(C(=O)N(CC)CC)c(N)c3cc2C1. The average Bonchev–Trinajstić information content (AvgIpc) is 2.89. The van der Waals surface area contributed by atoms with Crippen LogP contribution in [0.4, 0.5) is 5.69 Å². The van der Waals surface area contributed by atoms with Gasteiger partial charge in [-0.05, 0) is 50.7 Å². The van der Waals surface area contributed by atoms with Gasteiger partial charge in [0.1, 0.15) is 9.71 Å². The summed E-state index contributed by atoms with van der Waals surface area (Å²) in [5.41, 5.74) is 9.44. The number of pyridine rings is 1. The molecule has 0 fully saturated rings. The van der Waals surface area contributed by atoms with Crippen molar-refractivity contribution in [2.24, 2.45) is 5.92 Å². The largest absolute Gasteiger partial charge is 0.397 e. The van der Waals surface area contributed by atoms with Crippen molar-refractivity contribution in [2.45, 2.75) is 46.5 Å². The van der Waals surface area contributed by atoms with E-state index in [2.05, 4.69) is 13.0 Å². The number of aryl methyl sites for hydroxylation is 1. The van der Waals surface area contributed by atoms with E-state index < -0.39 is 0 Å². The molecule has 0 aromatic carbocycles. The van der Waals surface area contributed by atoms with E-state index in [0.717, 1.165) is 29.0 Å². The maximum absolute atomic E-state index is 12.6. The van der Waals surface area contributed by atoms with Crippen LogP contribution in [0.1, 0.15) is 54.5 Å². The van der Waals surface area contributed by atoms with Crippen molar-refractivity contribution in [3.05, 3.63) is 22.2 Å². The molecule has 0 bridgehead atoms. The monoisotopic (exact) mass is 331 g/mol. The molecule has 0 spiro atoms. The molecule has 2 N–H and O–H groups in total. The Bertz CT molecular complexity index is 733. The van der Waals surface area contributed by atoms with Gasteiger partial charge in [-0.15, -0.1) is 11.3 Å². The van der Waals surface area contributed by atoms with E-state index in [-0.39, 0.29) is 5.91 Å². The van der Waals surface area contributed by atoms with E-state index in [1.165, 1.54) is 35.4 Å². The number of carbonyl (C=O) groups is 1. The Hall–Kier alpha value is -1.62. The molecule has 1 aliphatic carbocycles. The van der Waals surface area contributed by atoms with E-state index in [9.17, 15) is 4.79 Å².